The van der Waals surface area contributed by atoms with E-state index in [1.54, 1.807) is 11.8 Å². The minimum absolute atomic E-state index is 0.132. The standard InChI is InChI=1S/C30H40N4/c1-19-7-6-8-22(13-19)12-11-20(2)14-28-30(33)27-17-24(23-9-4-5-10-25(32)15-23)16-26(21(27)3)29(18-31)34-28/h4-9,16-20,25,34H,10-15,31-33H2,1-3H3/b29-18-. The summed E-state index contributed by atoms with van der Waals surface area (Å²) in [5.41, 5.74) is 29.4. The van der Waals surface area contributed by atoms with Crippen molar-refractivity contribution in [2.24, 2.45) is 29.0 Å². The van der Waals surface area contributed by atoms with E-state index >= 15 is 0 Å². The Morgan fingerprint density at radius 2 is 1.94 bits per heavy atom. The highest BCUT2D eigenvalue weighted by atomic mass is 14.9. The number of nitrogens with two attached hydrogens (primary N) is 3. The summed E-state index contributed by atoms with van der Waals surface area (Å²) in [5, 5.41) is 3.60. The zero-order valence-corrected chi connectivity index (χ0v) is 20.9. The number of rotatable bonds is 6. The van der Waals surface area contributed by atoms with Gasteiger partial charge in [0.2, 0.25) is 0 Å². The van der Waals surface area contributed by atoms with Gasteiger partial charge in [-0.1, -0.05) is 55.9 Å². The average molecular weight is 457 g/mol. The number of hydrogen-bond acceptors (Lipinski definition) is 4. The van der Waals surface area contributed by atoms with E-state index < -0.39 is 0 Å². The third-order valence-electron chi connectivity index (χ3n) is 7.36. The quantitative estimate of drug-likeness (QED) is 0.431. The molecule has 1 aromatic carbocycles. The molecule has 0 spiro atoms. The van der Waals surface area contributed by atoms with E-state index in [0.717, 1.165) is 65.9 Å². The molecule has 34 heavy (non-hydrogen) atoms. The molecule has 7 N–H and O–H groups in total. The van der Waals surface area contributed by atoms with Gasteiger partial charge in [0.05, 0.1) is 11.4 Å². The smallest absolute Gasteiger partial charge is 0.0616 e. The van der Waals surface area contributed by atoms with Gasteiger partial charge in [-0.25, -0.2) is 0 Å². The first kappa shape index (κ1) is 24.2. The lowest BCUT2D eigenvalue weighted by Crippen LogP contribution is -2.18. The monoisotopic (exact) mass is 456 g/mol. The fourth-order valence-electron chi connectivity index (χ4n) is 5.30. The fraction of sp³-hybridized carbons (Fsp3) is 0.400. The zero-order chi connectivity index (χ0) is 24.2. The molecule has 3 unspecified atom stereocenters. The maximum atomic E-state index is 6.83. The lowest BCUT2D eigenvalue weighted by molar-refractivity contribution is 0.509. The summed E-state index contributed by atoms with van der Waals surface area (Å²) in [6.45, 7) is 6.74. The minimum atomic E-state index is 0.132. The maximum absolute atomic E-state index is 6.83. The van der Waals surface area contributed by atoms with Crippen molar-refractivity contribution in [1.82, 2.24) is 5.32 Å². The van der Waals surface area contributed by atoms with Gasteiger partial charge in [-0.05, 0) is 86.1 Å². The summed E-state index contributed by atoms with van der Waals surface area (Å²) in [6, 6.07) is 4.60. The molecule has 0 amide bonds. The van der Waals surface area contributed by atoms with Gasteiger partial charge in [0.1, 0.15) is 0 Å². The molecule has 4 heteroatoms. The first-order valence-corrected chi connectivity index (χ1v) is 12.7. The molecule has 0 aromatic heterocycles. The van der Waals surface area contributed by atoms with Crippen LogP contribution in [-0.4, -0.2) is 6.04 Å². The molecule has 3 atom stereocenters. The van der Waals surface area contributed by atoms with Crippen LogP contribution in [0.5, 0.6) is 0 Å². The van der Waals surface area contributed by atoms with E-state index in [1.165, 1.54) is 17.6 Å². The fourth-order valence-corrected chi connectivity index (χ4v) is 5.30. The van der Waals surface area contributed by atoms with Crippen LogP contribution >= 0.6 is 0 Å². The van der Waals surface area contributed by atoms with Gasteiger partial charge < -0.3 is 22.5 Å². The van der Waals surface area contributed by atoms with Crippen molar-refractivity contribution < 1.29 is 0 Å². The highest BCUT2D eigenvalue weighted by molar-refractivity contribution is 5.84. The number of benzene rings is 1. The molecule has 2 aliphatic carbocycles. The van der Waals surface area contributed by atoms with Crippen molar-refractivity contribution in [3.05, 3.63) is 88.3 Å². The van der Waals surface area contributed by atoms with Crippen LogP contribution in [-0.2, 0) is 0 Å². The van der Waals surface area contributed by atoms with Crippen LogP contribution in [0.15, 0.2) is 66.1 Å². The third kappa shape index (κ3) is 5.39. The van der Waals surface area contributed by atoms with Crippen molar-refractivity contribution in [3.63, 3.8) is 0 Å². The maximum Gasteiger partial charge on any atom is 0.0616 e. The largest absolute Gasteiger partial charge is 0.403 e. The Morgan fingerprint density at radius 3 is 2.71 bits per heavy atom. The van der Waals surface area contributed by atoms with Crippen molar-refractivity contribution in [2.75, 3.05) is 0 Å². The first-order valence-electron chi connectivity index (χ1n) is 12.7. The lowest BCUT2D eigenvalue weighted by Gasteiger charge is -2.20. The minimum Gasteiger partial charge on any atom is -0.403 e. The van der Waals surface area contributed by atoms with Crippen LogP contribution in [0.4, 0.5) is 0 Å². The van der Waals surface area contributed by atoms with E-state index in [1.807, 2.05) is 0 Å². The highest BCUT2D eigenvalue weighted by Crippen LogP contribution is 2.36. The molecule has 3 aliphatic rings. The Labute approximate surface area is 205 Å². The van der Waals surface area contributed by atoms with Crippen LogP contribution < -0.4 is 22.5 Å². The van der Waals surface area contributed by atoms with Gasteiger partial charge in [0.15, 0.2) is 0 Å². The van der Waals surface area contributed by atoms with Crippen LogP contribution in [0, 0.1) is 18.8 Å². The molecule has 0 saturated heterocycles. The second-order valence-corrected chi connectivity index (χ2v) is 10.4. The van der Waals surface area contributed by atoms with Crippen molar-refractivity contribution in [2.45, 2.75) is 65.3 Å². The van der Waals surface area contributed by atoms with E-state index in [0.29, 0.717) is 11.8 Å². The summed E-state index contributed by atoms with van der Waals surface area (Å²) in [4.78, 5) is 0. The summed E-state index contributed by atoms with van der Waals surface area (Å²) in [7, 11) is 0. The van der Waals surface area contributed by atoms with Crippen LogP contribution in [0.3, 0.4) is 0 Å². The molecule has 2 bridgehead atoms. The Hall–Kier alpha value is -2.98. The van der Waals surface area contributed by atoms with E-state index in [2.05, 4.69) is 74.7 Å². The average Bonchev–Trinajstić information content (AvgIpc) is 3.06. The van der Waals surface area contributed by atoms with Gasteiger partial charge >= 0.3 is 0 Å². The Balaban J connectivity index is 1.60. The second kappa shape index (κ2) is 10.5. The van der Waals surface area contributed by atoms with Crippen molar-refractivity contribution in [3.8, 4) is 0 Å². The molecule has 180 valence electrons. The van der Waals surface area contributed by atoms with Crippen LogP contribution in [0.25, 0.3) is 17.0 Å². The molecule has 0 radical (unpaired) electrons. The molecule has 0 saturated carbocycles. The van der Waals surface area contributed by atoms with E-state index in [-0.39, 0.29) is 6.04 Å². The molecule has 4 rings (SSSR count). The molecule has 4 nitrogen and oxygen atoms in total. The lowest BCUT2D eigenvalue weighted by atomic mass is 9.89. The zero-order valence-electron chi connectivity index (χ0n) is 20.9. The molecule has 1 heterocycles. The molecule has 0 fully saturated rings. The molecule has 1 aromatic rings. The third-order valence-corrected chi connectivity index (χ3v) is 7.36. The summed E-state index contributed by atoms with van der Waals surface area (Å²) >= 11 is 0. The van der Waals surface area contributed by atoms with Gasteiger partial charge in [-0.15, -0.1) is 0 Å². The van der Waals surface area contributed by atoms with Crippen molar-refractivity contribution in [1.29, 1.82) is 0 Å². The summed E-state index contributed by atoms with van der Waals surface area (Å²) < 4.78 is 0. The summed E-state index contributed by atoms with van der Waals surface area (Å²) in [5.74, 6) is 1.15. The van der Waals surface area contributed by atoms with E-state index in [9.17, 15) is 0 Å². The van der Waals surface area contributed by atoms with Crippen LogP contribution in [0.2, 0.25) is 0 Å². The van der Waals surface area contributed by atoms with Gasteiger partial charge in [0, 0.05) is 29.1 Å². The molecular weight excluding hydrogens is 416 g/mol. The Bertz CT molecular complexity index is 1110. The molecule has 1 aliphatic heterocycles. The predicted octanol–water partition coefficient (Wildman–Crippen LogP) is 5.87. The Kier molecular flexibility index (Phi) is 7.47. The predicted molar refractivity (Wildman–Crippen MR) is 146 cm³/mol. The van der Waals surface area contributed by atoms with Gasteiger partial charge in [-0.3, -0.25) is 0 Å². The topological polar surface area (TPSA) is 90.1 Å². The normalized spacial score (nSPS) is 24.3. The van der Waals surface area contributed by atoms with Gasteiger partial charge in [0.25, 0.3) is 0 Å². The van der Waals surface area contributed by atoms with Gasteiger partial charge in [-0.2, -0.15) is 0 Å². The second-order valence-electron chi connectivity index (χ2n) is 10.4. The molecular formula is C30H40N4. The number of fused-ring (bicyclic) bond motifs is 2. The first-order chi connectivity index (χ1) is 16.4. The van der Waals surface area contributed by atoms with E-state index in [4.69, 9.17) is 17.2 Å². The number of allylic oxidation sites excluding steroid dienone is 7. The number of hydrogen-bond donors (Lipinski definition) is 4. The van der Waals surface area contributed by atoms with Crippen molar-refractivity contribution >= 4 is 17.0 Å². The SMILES string of the molecule is Cc1c2cc(C3=CC=CCC(N)C3)cc1/C(=C/N)NC(CC(C)CCC1=CC=CC(C)C1)=C2N. The van der Waals surface area contributed by atoms with Crippen LogP contribution in [0.1, 0.15) is 74.6 Å². The summed E-state index contributed by atoms with van der Waals surface area (Å²) in [6.07, 6.45) is 21.0. The Morgan fingerprint density at radius 1 is 1.15 bits per heavy atom. The highest BCUT2D eigenvalue weighted by Gasteiger charge is 2.23. The number of nitrogens with one attached hydrogen (secondary N) is 1.